The highest BCUT2D eigenvalue weighted by Crippen LogP contribution is 2.71. The minimum Gasteiger partial charge on any atom is -0.294 e. The molecule has 4 aromatic carbocycles. The van der Waals surface area contributed by atoms with Gasteiger partial charge in [0.2, 0.25) is 0 Å². The number of aryl methyl sites for hydroxylation is 1. The number of rotatable bonds is 30. The Kier molecular flexibility index (Phi) is 17.1. The van der Waals surface area contributed by atoms with E-state index in [9.17, 15) is 4.79 Å². The summed E-state index contributed by atoms with van der Waals surface area (Å²) >= 11 is 0. The first-order chi connectivity index (χ1) is 32.9. The van der Waals surface area contributed by atoms with Gasteiger partial charge in [0.05, 0.1) is 0 Å². The molecule has 362 valence electrons. The second-order valence-corrected chi connectivity index (χ2v) is 22.4. The molecule has 0 aromatic heterocycles. The molecule has 0 N–H and O–H groups in total. The zero-order valence-electron chi connectivity index (χ0n) is 43.8. The third kappa shape index (κ3) is 9.24. The van der Waals surface area contributed by atoms with Gasteiger partial charge < -0.3 is 0 Å². The van der Waals surface area contributed by atoms with Crippen LogP contribution in [0.2, 0.25) is 0 Å². The van der Waals surface area contributed by atoms with Gasteiger partial charge in [-0.1, -0.05) is 250 Å². The van der Waals surface area contributed by atoms with Crippen molar-refractivity contribution in [2.75, 3.05) is 0 Å². The van der Waals surface area contributed by atoms with Gasteiger partial charge in [-0.3, -0.25) is 4.79 Å². The molecule has 0 atom stereocenters. The number of hydrogen-bond donors (Lipinski definition) is 0. The van der Waals surface area contributed by atoms with Gasteiger partial charge in [-0.25, -0.2) is 0 Å². The zero-order valence-corrected chi connectivity index (χ0v) is 43.8. The fourth-order valence-corrected chi connectivity index (χ4v) is 14.8. The predicted octanol–water partition coefficient (Wildman–Crippen LogP) is 20.4. The fourth-order valence-electron chi connectivity index (χ4n) is 14.8. The van der Waals surface area contributed by atoms with Gasteiger partial charge in [0.25, 0.3) is 0 Å². The molecule has 0 spiro atoms. The number of Topliss-reactive ketones (excluding diaryl/α,β-unsaturated/α-hetero) is 1. The van der Waals surface area contributed by atoms with E-state index in [1.807, 2.05) is 0 Å². The highest BCUT2D eigenvalue weighted by molar-refractivity contribution is 6.07. The molecule has 0 heterocycles. The molecule has 8 rings (SSSR count). The van der Waals surface area contributed by atoms with Crippen molar-refractivity contribution in [2.45, 2.75) is 263 Å². The number of unbranched alkanes of at least 4 members (excludes halogenated alkanes) is 18. The Hall–Kier alpha value is -3.45. The first kappa shape index (κ1) is 50.0. The van der Waals surface area contributed by atoms with Crippen LogP contribution in [-0.2, 0) is 22.7 Å². The third-order valence-corrected chi connectivity index (χ3v) is 18.1. The molecule has 0 bridgehead atoms. The standard InChI is InChI=1S/C66H92O/c1-7-13-19-29-41-64(42-30-20-14-8-2)54-37-27-26-36-51(54)59-61(64)58-50-35-25-28-38-55(50)65(43-31-21-15-9-3,44-32-22-16-10-4)62(58)60-53-48-52-49(39-40-57(52)67)47-56(53)66(63(59)60,45-33-23-17-11-5)46-34-24-18-12-6/h25-28,35-38,47-48H,7-24,29-34,39-46H2,1-6H3. The largest absolute Gasteiger partial charge is 0.294 e. The Morgan fingerprint density at radius 3 is 1.03 bits per heavy atom. The van der Waals surface area contributed by atoms with Gasteiger partial charge >= 0.3 is 0 Å². The van der Waals surface area contributed by atoms with Crippen LogP contribution >= 0.6 is 0 Å². The molecule has 0 fully saturated rings. The maximum Gasteiger partial charge on any atom is 0.163 e. The summed E-state index contributed by atoms with van der Waals surface area (Å²) in [5, 5.41) is 0. The Morgan fingerprint density at radius 2 is 0.672 bits per heavy atom. The molecule has 0 saturated heterocycles. The van der Waals surface area contributed by atoms with Crippen LogP contribution in [-0.4, -0.2) is 5.78 Å². The van der Waals surface area contributed by atoms with Crippen molar-refractivity contribution in [3.8, 4) is 33.4 Å². The molecule has 67 heavy (non-hydrogen) atoms. The molecule has 4 aliphatic rings. The second kappa shape index (κ2) is 23.0. The molecule has 4 aromatic rings. The smallest absolute Gasteiger partial charge is 0.163 e. The number of fused-ring (bicyclic) bond motifs is 13. The minimum atomic E-state index is -0.0789. The number of benzene rings is 4. The first-order valence-electron chi connectivity index (χ1n) is 29.1. The molecule has 0 saturated carbocycles. The first-order valence-corrected chi connectivity index (χ1v) is 29.1. The van der Waals surface area contributed by atoms with E-state index >= 15 is 0 Å². The van der Waals surface area contributed by atoms with Gasteiger partial charge in [-0.2, -0.15) is 0 Å². The summed E-state index contributed by atoms with van der Waals surface area (Å²) in [5.74, 6) is 0.373. The molecule has 1 heteroatoms. The van der Waals surface area contributed by atoms with E-state index in [0.717, 1.165) is 12.0 Å². The average Bonchev–Trinajstić information content (AvgIpc) is 4.03. The van der Waals surface area contributed by atoms with Crippen molar-refractivity contribution in [2.24, 2.45) is 0 Å². The number of hydrogen-bond acceptors (Lipinski definition) is 1. The Morgan fingerprint density at radius 1 is 0.343 bits per heavy atom. The van der Waals surface area contributed by atoms with Gasteiger partial charge in [-0.15, -0.1) is 0 Å². The molecular formula is C66H92O. The van der Waals surface area contributed by atoms with Crippen LogP contribution in [0.4, 0.5) is 0 Å². The van der Waals surface area contributed by atoms with E-state index < -0.39 is 0 Å². The monoisotopic (exact) mass is 901 g/mol. The lowest BCUT2D eigenvalue weighted by atomic mass is 9.63. The van der Waals surface area contributed by atoms with Crippen molar-refractivity contribution in [1.82, 2.24) is 0 Å². The highest BCUT2D eigenvalue weighted by Gasteiger charge is 2.57. The number of ketones is 1. The summed E-state index contributed by atoms with van der Waals surface area (Å²) in [7, 11) is 0. The Bertz CT molecular complexity index is 2250. The maximum atomic E-state index is 14.1. The van der Waals surface area contributed by atoms with E-state index in [4.69, 9.17) is 0 Å². The second-order valence-electron chi connectivity index (χ2n) is 22.4. The lowest BCUT2D eigenvalue weighted by molar-refractivity contribution is 0.0994. The molecule has 0 amide bonds. The van der Waals surface area contributed by atoms with Crippen molar-refractivity contribution < 1.29 is 4.79 Å². The van der Waals surface area contributed by atoms with E-state index in [0.29, 0.717) is 12.2 Å². The molecule has 0 unspecified atom stereocenters. The lowest BCUT2D eigenvalue weighted by Gasteiger charge is -2.39. The summed E-state index contributed by atoms with van der Waals surface area (Å²) in [4.78, 5) is 14.1. The average molecular weight is 901 g/mol. The SMILES string of the molecule is CCCCCCC1(CCCCCC)c2ccccc2-c2c1c1c(c3c2C(CCCCCC)(CCCCCC)c2cc4c(cc2-3)C(=O)CC4)C(CCCCCC)(CCCCCC)c2ccccc2-1. The molecule has 0 aliphatic heterocycles. The Balaban J connectivity index is 1.55. The summed E-state index contributed by atoms with van der Waals surface area (Å²) < 4.78 is 0. The van der Waals surface area contributed by atoms with Crippen LogP contribution < -0.4 is 0 Å². The third-order valence-electron chi connectivity index (χ3n) is 18.1. The normalized spacial score (nSPS) is 16.2. The number of carbonyl (C=O) groups excluding carboxylic acids is 1. The van der Waals surface area contributed by atoms with E-state index in [-0.39, 0.29) is 16.2 Å². The molecule has 4 aliphatic carbocycles. The van der Waals surface area contributed by atoms with Crippen LogP contribution in [0, 0.1) is 0 Å². The summed E-state index contributed by atoms with van der Waals surface area (Å²) in [6.45, 7) is 14.3. The summed E-state index contributed by atoms with van der Waals surface area (Å²) in [5.41, 5.74) is 21.9. The van der Waals surface area contributed by atoms with E-state index in [1.54, 1.807) is 61.2 Å². The van der Waals surface area contributed by atoms with Gasteiger partial charge in [-0.05, 0) is 123 Å². The van der Waals surface area contributed by atoms with Gasteiger partial charge in [0, 0.05) is 28.2 Å². The number of carbonyl (C=O) groups is 1. The van der Waals surface area contributed by atoms with Crippen molar-refractivity contribution in [3.63, 3.8) is 0 Å². The van der Waals surface area contributed by atoms with Crippen LogP contribution in [0.3, 0.4) is 0 Å². The van der Waals surface area contributed by atoms with Gasteiger partial charge in [0.15, 0.2) is 5.78 Å². The van der Waals surface area contributed by atoms with Crippen LogP contribution in [0.15, 0.2) is 60.7 Å². The van der Waals surface area contributed by atoms with E-state index in [2.05, 4.69) is 102 Å². The lowest BCUT2D eigenvalue weighted by Crippen LogP contribution is -2.31. The molecular weight excluding hydrogens is 809 g/mol. The van der Waals surface area contributed by atoms with Crippen LogP contribution in [0.5, 0.6) is 0 Å². The topological polar surface area (TPSA) is 17.1 Å². The molecule has 1 nitrogen and oxygen atoms in total. The summed E-state index contributed by atoms with van der Waals surface area (Å²) in [6, 6.07) is 25.2. The van der Waals surface area contributed by atoms with Gasteiger partial charge in [0.1, 0.15) is 0 Å². The van der Waals surface area contributed by atoms with Crippen molar-refractivity contribution in [1.29, 1.82) is 0 Å². The Labute approximate surface area is 410 Å². The van der Waals surface area contributed by atoms with Crippen molar-refractivity contribution in [3.05, 3.63) is 105 Å². The van der Waals surface area contributed by atoms with E-state index in [1.165, 1.54) is 204 Å². The maximum absolute atomic E-state index is 14.1. The zero-order chi connectivity index (χ0) is 46.9. The highest BCUT2D eigenvalue weighted by atomic mass is 16.1. The molecule has 0 radical (unpaired) electrons. The summed E-state index contributed by atoms with van der Waals surface area (Å²) in [6.07, 6.45) is 39.9. The fraction of sp³-hybridized carbons (Fsp3) is 0.621. The van der Waals surface area contributed by atoms with Crippen LogP contribution in [0.25, 0.3) is 33.4 Å². The van der Waals surface area contributed by atoms with Crippen LogP contribution in [0.1, 0.15) is 290 Å². The quantitative estimate of drug-likeness (QED) is 0.0477. The predicted molar refractivity (Wildman–Crippen MR) is 290 cm³/mol. The minimum absolute atomic E-state index is 0.0250. The van der Waals surface area contributed by atoms with Crippen molar-refractivity contribution >= 4 is 5.78 Å².